The number of aliphatic imine (C=N–C) groups is 1. The predicted molar refractivity (Wildman–Crippen MR) is 45.1 cm³/mol. The van der Waals surface area contributed by atoms with E-state index < -0.39 is 0 Å². The lowest BCUT2D eigenvalue weighted by atomic mass is 10.1. The number of hydrogen-bond acceptors (Lipinski definition) is 2. The summed E-state index contributed by atoms with van der Waals surface area (Å²) in [6.45, 7) is 2.49. The van der Waals surface area contributed by atoms with Crippen molar-refractivity contribution in [2.45, 2.75) is 19.8 Å². The molecule has 0 aromatic heterocycles. The first-order chi connectivity index (χ1) is 5.18. The molecule has 4 heteroatoms. The third kappa shape index (κ3) is 5.39. The lowest BCUT2D eigenvalue weighted by Crippen LogP contribution is -2.20. The Morgan fingerprint density at radius 1 is 1.73 bits per heavy atom. The molecule has 0 heterocycles. The number of rotatable bonds is 5. The van der Waals surface area contributed by atoms with E-state index in [1.54, 1.807) is 0 Å². The molecule has 1 amide bonds. The van der Waals surface area contributed by atoms with Gasteiger partial charge in [-0.05, 0) is 12.8 Å². The van der Waals surface area contributed by atoms with Crippen LogP contribution in [-0.4, -0.2) is 18.8 Å². The van der Waals surface area contributed by atoms with Gasteiger partial charge in [0.1, 0.15) is 0 Å². The molecule has 0 saturated carbocycles. The molecule has 0 bridgehead atoms. The topological polar surface area (TPSA) is 81.5 Å². The van der Waals surface area contributed by atoms with Gasteiger partial charge in [0.25, 0.3) is 0 Å². The summed E-state index contributed by atoms with van der Waals surface area (Å²) >= 11 is 0. The Bertz CT molecular complexity index is 145. The van der Waals surface area contributed by atoms with Crippen molar-refractivity contribution in [3.8, 4) is 0 Å². The molecule has 0 radical (unpaired) electrons. The fraction of sp³-hybridized carbons (Fsp3) is 0.714. The van der Waals surface area contributed by atoms with Crippen LogP contribution in [-0.2, 0) is 4.79 Å². The van der Waals surface area contributed by atoms with E-state index in [9.17, 15) is 4.79 Å². The average Bonchev–Trinajstić information content (AvgIpc) is 1.97. The first-order valence-electron chi connectivity index (χ1n) is 3.67. The summed E-state index contributed by atoms with van der Waals surface area (Å²) in [6.07, 6.45) is 2.92. The number of amides is 1. The number of carbonyl (C=O) groups excluding carboxylic acids is 1. The van der Waals surface area contributed by atoms with Crippen molar-refractivity contribution < 1.29 is 4.79 Å². The average molecular weight is 157 g/mol. The van der Waals surface area contributed by atoms with Gasteiger partial charge >= 0.3 is 0 Å². The third-order valence-electron chi connectivity index (χ3n) is 1.52. The second-order valence-corrected chi connectivity index (χ2v) is 2.50. The highest BCUT2D eigenvalue weighted by molar-refractivity contribution is 5.76. The summed E-state index contributed by atoms with van der Waals surface area (Å²) in [6, 6.07) is 0. The fourth-order valence-corrected chi connectivity index (χ4v) is 0.706. The second kappa shape index (κ2) is 5.70. The normalized spacial score (nSPS) is 13.5. The van der Waals surface area contributed by atoms with E-state index >= 15 is 0 Å². The maximum absolute atomic E-state index is 10.5. The van der Waals surface area contributed by atoms with Gasteiger partial charge in [-0.3, -0.25) is 9.79 Å². The first kappa shape index (κ1) is 9.94. The Hall–Kier alpha value is -1.06. The second-order valence-electron chi connectivity index (χ2n) is 2.50. The van der Waals surface area contributed by atoms with Crippen molar-refractivity contribution in [1.29, 1.82) is 0 Å². The molecular weight excluding hydrogens is 142 g/mol. The molecule has 0 saturated heterocycles. The number of nitrogens with two attached hydrogens (primary N) is 2. The van der Waals surface area contributed by atoms with Crippen LogP contribution in [0, 0.1) is 5.92 Å². The molecule has 0 aliphatic carbocycles. The van der Waals surface area contributed by atoms with Crippen molar-refractivity contribution in [1.82, 2.24) is 0 Å². The van der Waals surface area contributed by atoms with Crippen LogP contribution < -0.4 is 11.5 Å². The molecule has 4 N–H and O–H groups in total. The van der Waals surface area contributed by atoms with Gasteiger partial charge in [0.15, 0.2) is 0 Å². The number of carbonyl (C=O) groups is 1. The quantitative estimate of drug-likeness (QED) is 0.331. The third-order valence-corrected chi connectivity index (χ3v) is 1.52. The molecule has 1 atom stereocenters. The Kier molecular flexibility index (Phi) is 5.15. The smallest absolute Gasteiger partial charge is 0.220 e. The van der Waals surface area contributed by atoms with E-state index in [-0.39, 0.29) is 11.8 Å². The van der Waals surface area contributed by atoms with E-state index in [4.69, 9.17) is 11.5 Å². The van der Waals surface area contributed by atoms with Crippen molar-refractivity contribution in [2.75, 3.05) is 6.54 Å². The van der Waals surface area contributed by atoms with Crippen LogP contribution in [0.1, 0.15) is 19.8 Å². The Balaban J connectivity index is 3.31. The zero-order chi connectivity index (χ0) is 8.69. The standard InChI is InChI=1S/C7H15N3O/c1-6(7(9)11)3-2-4-10-5-8/h5-6H,2-4H2,1H3,(H2,8,10)(H2,9,11)/t6-/m0/s1. The van der Waals surface area contributed by atoms with Crippen molar-refractivity contribution >= 4 is 12.2 Å². The van der Waals surface area contributed by atoms with Crippen LogP contribution in [0.15, 0.2) is 4.99 Å². The number of primary amides is 1. The Labute approximate surface area is 66.7 Å². The maximum atomic E-state index is 10.5. The van der Waals surface area contributed by atoms with Crippen LogP contribution in [0.25, 0.3) is 0 Å². The van der Waals surface area contributed by atoms with E-state index in [1.807, 2.05) is 6.92 Å². The largest absolute Gasteiger partial charge is 0.390 e. The van der Waals surface area contributed by atoms with Crippen LogP contribution >= 0.6 is 0 Å². The summed E-state index contributed by atoms with van der Waals surface area (Å²) in [5.41, 5.74) is 10.1. The molecule has 64 valence electrons. The van der Waals surface area contributed by atoms with Crippen molar-refractivity contribution in [3.63, 3.8) is 0 Å². The van der Waals surface area contributed by atoms with Gasteiger partial charge in [-0.15, -0.1) is 0 Å². The number of hydrogen-bond donors (Lipinski definition) is 2. The predicted octanol–water partition coefficient (Wildman–Crippen LogP) is -0.125. The fourth-order valence-electron chi connectivity index (χ4n) is 0.706. The summed E-state index contributed by atoms with van der Waals surface area (Å²) in [5, 5.41) is 0. The van der Waals surface area contributed by atoms with Gasteiger partial charge in [-0.2, -0.15) is 0 Å². The SMILES string of the molecule is C[C@@H](CCCN=CN)C(N)=O. The van der Waals surface area contributed by atoms with Crippen molar-refractivity contribution in [3.05, 3.63) is 0 Å². The molecule has 0 aromatic rings. The molecule has 0 spiro atoms. The molecule has 4 nitrogen and oxygen atoms in total. The van der Waals surface area contributed by atoms with Crippen LogP contribution in [0.3, 0.4) is 0 Å². The monoisotopic (exact) mass is 157 g/mol. The Morgan fingerprint density at radius 3 is 2.82 bits per heavy atom. The van der Waals surface area contributed by atoms with E-state index in [2.05, 4.69) is 4.99 Å². The molecule has 0 rings (SSSR count). The summed E-state index contributed by atoms with van der Waals surface area (Å²) < 4.78 is 0. The van der Waals surface area contributed by atoms with Gasteiger partial charge in [-0.1, -0.05) is 6.92 Å². The first-order valence-corrected chi connectivity index (χ1v) is 3.67. The molecule has 0 aliphatic rings. The van der Waals surface area contributed by atoms with Crippen molar-refractivity contribution in [2.24, 2.45) is 22.4 Å². The highest BCUT2D eigenvalue weighted by Crippen LogP contribution is 2.03. The molecule has 0 fully saturated rings. The molecular formula is C7H15N3O. The zero-order valence-electron chi connectivity index (χ0n) is 6.79. The minimum Gasteiger partial charge on any atom is -0.390 e. The number of nitrogens with zero attached hydrogens (tertiary/aromatic N) is 1. The summed E-state index contributed by atoms with van der Waals surface area (Å²) in [7, 11) is 0. The summed E-state index contributed by atoms with van der Waals surface area (Å²) in [5.74, 6) is -0.301. The van der Waals surface area contributed by atoms with Crippen LogP contribution in [0.2, 0.25) is 0 Å². The van der Waals surface area contributed by atoms with Gasteiger partial charge < -0.3 is 11.5 Å². The molecule has 0 unspecified atom stereocenters. The summed E-state index contributed by atoms with van der Waals surface area (Å²) in [4.78, 5) is 14.3. The van der Waals surface area contributed by atoms with Gasteiger partial charge in [0, 0.05) is 12.5 Å². The molecule has 0 aromatic carbocycles. The maximum Gasteiger partial charge on any atom is 0.220 e. The molecule has 0 aliphatic heterocycles. The minimum absolute atomic E-state index is 0.0528. The highest BCUT2D eigenvalue weighted by atomic mass is 16.1. The zero-order valence-corrected chi connectivity index (χ0v) is 6.79. The van der Waals surface area contributed by atoms with E-state index in [0.29, 0.717) is 6.54 Å². The molecule has 11 heavy (non-hydrogen) atoms. The minimum atomic E-state index is -0.248. The highest BCUT2D eigenvalue weighted by Gasteiger charge is 2.06. The van der Waals surface area contributed by atoms with E-state index in [1.165, 1.54) is 6.34 Å². The van der Waals surface area contributed by atoms with Gasteiger partial charge in [0.2, 0.25) is 5.91 Å². The van der Waals surface area contributed by atoms with Gasteiger partial charge in [-0.25, -0.2) is 0 Å². The Morgan fingerprint density at radius 2 is 2.36 bits per heavy atom. The van der Waals surface area contributed by atoms with Gasteiger partial charge in [0.05, 0.1) is 6.34 Å². The van der Waals surface area contributed by atoms with Crippen LogP contribution in [0.4, 0.5) is 0 Å². The lowest BCUT2D eigenvalue weighted by molar-refractivity contribution is -0.121. The van der Waals surface area contributed by atoms with E-state index in [0.717, 1.165) is 12.8 Å². The lowest BCUT2D eigenvalue weighted by Gasteiger charge is -2.03. The van der Waals surface area contributed by atoms with Crippen LogP contribution in [0.5, 0.6) is 0 Å².